The van der Waals surface area contributed by atoms with Crippen LogP contribution in [0.15, 0.2) is 50.0 Å². The second-order valence-corrected chi connectivity index (χ2v) is 14.8. The predicted molar refractivity (Wildman–Crippen MR) is 194 cm³/mol. The number of hydrogen-bond acceptors (Lipinski definition) is 14. The number of hydrogen-bond donors (Lipinski definition) is 6. The number of carbonyl (C=O) groups is 3. The molecule has 2 aliphatic heterocycles. The number of anilines is 1. The van der Waals surface area contributed by atoms with Crippen LogP contribution in [0.5, 0.6) is 5.75 Å². The minimum Gasteiger partial charge on any atom is -0.494 e. The normalized spacial score (nSPS) is 19.3. The minimum absolute atomic E-state index is 0.00615. The first-order valence-corrected chi connectivity index (χ1v) is 18.6. The van der Waals surface area contributed by atoms with Crippen molar-refractivity contribution in [3.63, 3.8) is 0 Å². The van der Waals surface area contributed by atoms with Gasteiger partial charge in [0.05, 0.1) is 24.9 Å². The lowest BCUT2D eigenvalue weighted by Crippen LogP contribution is -2.49. The van der Waals surface area contributed by atoms with Crippen LogP contribution >= 0.6 is 0 Å². The van der Waals surface area contributed by atoms with Gasteiger partial charge in [-0.3, -0.25) is 14.5 Å². The van der Waals surface area contributed by atoms with Crippen molar-refractivity contribution in [1.82, 2.24) is 10.2 Å². The van der Waals surface area contributed by atoms with Gasteiger partial charge in [-0.2, -0.15) is 0 Å². The van der Waals surface area contributed by atoms with E-state index >= 15 is 0 Å². The number of piperidine rings is 1. The van der Waals surface area contributed by atoms with Crippen LogP contribution < -0.4 is 20.8 Å². The van der Waals surface area contributed by atoms with Gasteiger partial charge >= 0.3 is 11.8 Å². The second-order valence-electron chi connectivity index (χ2n) is 14.8. The van der Waals surface area contributed by atoms with Gasteiger partial charge in [-0.25, -0.2) is 9.59 Å². The monoisotopic (exact) mass is 767 g/mol. The third-order valence-corrected chi connectivity index (χ3v) is 10.8. The number of ether oxygens (including phenoxy) is 2. The fourth-order valence-corrected chi connectivity index (χ4v) is 7.35. The van der Waals surface area contributed by atoms with Crippen molar-refractivity contribution in [2.24, 2.45) is 5.41 Å². The van der Waals surface area contributed by atoms with Gasteiger partial charge in [-0.05, 0) is 106 Å². The Labute approximate surface area is 317 Å². The number of amides is 2. The fourth-order valence-electron chi connectivity index (χ4n) is 7.35. The molecule has 4 unspecified atom stereocenters. The molecule has 3 aromatic rings. The number of nitrogens with zero attached hydrogens (tertiary/aromatic N) is 2. The Balaban J connectivity index is 1.04. The molecule has 0 bridgehead atoms. The zero-order valence-corrected chi connectivity index (χ0v) is 30.9. The summed E-state index contributed by atoms with van der Waals surface area (Å²) < 4.78 is 21.4. The van der Waals surface area contributed by atoms with E-state index < -0.39 is 55.3 Å². The van der Waals surface area contributed by atoms with Crippen molar-refractivity contribution in [2.75, 3.05) is 44.3 Å². The highest BCUT2D eigenvalue weighted by atomic mass is 16.6. The van der Waals surface area contributed by atoms with Crippen LogP contribution in [0.25, 0.3) is 0 Å². The second kappa shape index (κ2) is 17.1. The molecule has 16 nitrogen and oxygen atoms in total. The summed E-state index contributed by atoms with van der Waals surface area (Å²) in [6.07, 6.45) is -2.87. The van der Waals surface area contributed by atoms with E-state index in [1.807, 2.05) is 6.92 Å². The van der Waals surface area contributed by atoms with Gasteiger partial charge in [0.15, 0.2) is 18.1 Å². The Morgan fingerprint density at radius 3 is 2.31 bits per heavy atom. The Bertz CT molecular complexity index is 1890. The topological polar surface area (TPSA) is 233 Å². The third kappa shape index (κ3) is 9.28. The molecule has 2 amide bonds. The van der Waals surface area contributed by atoms with Crippen LogP contribution in [0.4, 0.5) is 5.69 Å². The number of rotatable bonds is 16. The number of likely N-dealkylation sites (tertiary alicyclic amines) is 1. The highest BCUT2D eigenvalue weighted by molar-refractivity contribution is 5.98. The quantitative estimate of drug-likeness (QED) is 0.113. The Morgan fingerprint density at radius 1 is 1.00 bits per heavy atom. The number of aliphatic hydroxyl groups excluding tert-OH is 5. The van der Waals surface area contributed by atoms with Gasteiger partial charge in [0.2, 0.25) is 5.91 Å². The molecule has 3 aliphatic rings. The summed E-state index contributed by atoms with van der Waals surface area (Å²) in [6.45, 7) is 5.11. The number of nitrogens with one attached hydrogen (secondary N) is 1. The molecular formula is C39H49N3O13. The average Bonchev–Trinajstić information content (AvgIpc) is 3.91. The lowest BCUT2D eigenvalue weighted by molar-refractivity contribution is -0.118. The molecule has 298 valence electrons. The van der Waals surface area contributed by atoms with Crippen LogP contribution in [-0.4, -0.2) is 112 Å². The molecule has 2 aromatic carbocycles. The molecule has 6 N–H and O–H groups in total. The molecule has 4 atom stereocenters. The summed E-state index contributed by atoms with van der Waals surface area (Å²) in [5.41, 5.74) is 3.04. The summed E-state index contributed by atoms with van der Waals surface area (Å²) in [5.74, 6) is -0.646. The molecule has 1 aliphatic carbocycles. The standard InChI is InChI=1S/C39H49N3O13/c1-3-52-31-15-28(37(50)53-20-32-22(2)54-38(51)55-32)27(23-4-5-23)14-25(31)18-41-12-10-39(11-13-41)16-33(46)42(21-39)26-8-6-24(7-9-26)36(49)40-17-29(44)34(47)35(48)30(45)19-43/h6-9,14-15,23,29-30,34-35,43-45,47-48H,3-5,10-13,16-21H2,1-2H3,(H,40,49). The van der Waals surface area contributed by atoms with E-state index in [0.717, 1.165) is 49.9 Å². The first kappa shape index (κ1) is 40.1. The van der Waals surface area contributed by atoms with Crippen LogP contribution in [0, 0.1) is 12.3 Å². The molecule has 55 heavy (non-hydrogen) atoms. The van der Waals surface area contributed by atoms with Crippen molar-refractivity contribution in [3.05, 3.63) is 80.8 Å². The van der Waals surface area contributed by atoms with Gasteiger partial charge in [0, 0.05) is 42.9 Å². The molecule has 1 saturated carbocycles. The zero-order valence-electron chi connectivity index (χ0n) is 30.9. The number of benzene rings is 2. The lowest BCUT2D eigenvalue weighted by Gasteiger charge is -2.39. The predicted octanol–water partition coefficient (Wildman–Crippen LogP) is 1.36. The zero-order chi connectivity index (χ0) is 39.4. The van der Waals surface area contributed by atoms with Crippen molar-refractivity contribution >= 4 is 23.5 Å². The van der Waals surface area contributed by atoms with Crippen molar-refractivity contribution in [2.45, 2.75) is 89.4 Å². The molecule has 16 heteroatoms. The van der Waals surface area contributed by atoms with E-state index in [4.69, 9.17) is 23.4 Å². The Morgan fingerprint density at radius 2 is 1.69 bits per heavy atom. The van der Waals surface area contributed by atoms with Crippen LogP contribution in [0.3, 0.4) is 0 Å². The van der Waals surface area contributed by atoms with E-state index in [1.54, 1.807) is 42.2 Å². The van der Waals surface area contributed by atoms with E-state index in [-0.39, 0.29) is 40.9 Å². The number of esters is 1. The summed E-state index contributed by atoms with van der Waals surface area (Å²) in [6, 6.07) is 10.3. The average molecular weight is 768 g/mol. The van der Waals surface area contributed by atoms with Crippen LogP contribution in [0.1, 0.15) is 88.3 Å². The molecule has 3 heterocycles. The first-order valence-electron chi connectivity index (χ1n) is 18.6. The molecular weight excluding hydrogens is 718 g/mol. The van der Waals surface area contributed by atoms with E-state index in [2.05, 4.69) is 16.3 Å². The lowest BCUT2D eigenvalue weighted by atomic mass is 9.77. The van der Waals surface area contributed by atoms with E-state index in [1.165, 1.54) is 0 Å². The van der Waals surface area contributed by atoms with Crippen LogP contribution in [-0.2, 0) is 22.7 Å². The van der Waals surface area contributed by atoms with Gasteiger partial charge in [-0.15, -0.1) is 0 Å². The summed E-state index contributed by atoms with van der Waals surface area (Å²) >= 11 is 0. The van der Waals surface area contributed by atoms with E-state index in [9.17, 15) is 39.6 Å². The molecule has 3 fully saturated rings. The fraction of sp³-hybridized carbons (Fsp3) is 0.538. The van der Waals surface area contributed by atoms with Gasteiger partial charge in [-0.1, -0.05) is 0 Å². The number of carbonyl (C=O) groups excluding carboxylic acids is 3. The van der Waals surface area contributed by atoms with Gasteiger partial charge in [0.25, 0.3) is 5.91 Å². The third-order valence-electron chi connectivity index (χ3n) is 10.8. The largest absolute Gasteiger partial charge is 0.519 e. The molecule has 6 rings (SSSR count). The maximum atomic E-state index is 13.3. The van der Waals surface area contributed by atoms with Gasteiger partial charge < -0.3 is 54.1 Å². The Kier molecular flexibility index (Phi) is 12.4. The Hall–Kier alpha value is -4.58. The highest BCUT2D eigenvalue weighted by Crippen LogP contribution is 2.45. The maximum Gasteiger partial charge on any atom is 0.519 e. The number of aliphatic hydroxyl groups is 5. The van der Waals surface area contributed by atoms with Crippen molar-refractivity contribution in [3.8, 4) is 5.75 Å². The first-order chi connectivity index (χ1) is 26.3. The summed E-state index contributed by atoms with van der Waals surface area (Å²) in [5, 5.41) is 50.8. The van der Waals surface area contributed by atoms with Crippen LogP contribution in [0.2, 0.25) is 0 Å². The molecule has 2 saturated heterocycles. The molecule has 1 aromatic heterocycles. The summed E-state index contributed by atoms with van der Waals surface area (Å²) in [7, 11) is 0. The molecule has 1 spiro atoms. The highest BCUT2D eigenvalue weighted by Gasteiger charge is 2.45. The molecule has 0 radical (unpaired) electrons. The summed E-state index contributed by atoms with van der Waals surface area (Å²) in [4.78, 5) is 54.8. The maximum absolute atomic E-state index is 13.3. The van der Waals surface area contributed by atoms with Crippen molar-refractivity contribution < 1.29 is 58.2 Å². The minimum atomic E-state index is -1.80. The van der Waals surface area contributed by atoms with Gasteiger partial charge in [0.1, 0.15) is 24.1 Å². The SMILES string of the molecule is CCOc1cc(C(=O)OCc2oc(=O)oc2C)c(C2CC2)cc1CN1CCC2(CC1)CC(=O)N(c1ccc(C(=O)NCC(O)C(O)C(O)C(O)CO)cc1)C2. The van der Waals surface area contributed by atoms with Crippen molar-refractivity contribution in [1.29, 1.82) is 0 Å². The number of aryl methyl sites for hydroxylation is 1. The van der Waals surface area contributed by atoms with E-state index in [0.29, 0.717) is 43.1 Å². The smallest absolute Gasteiger partial charge is 0.494 e.